The van der Waals surface area contributed by atoms with Gasteiger partial charge in [-0.1, -0.05) is 60.7 Å². The third kappa shape index (κ3) is 4.71. The van der Waals surface area contributed by atoms with Gasteiger partial charge in [0.2, 0.25) is 0 Å². The molecule has 0 atom stereocenters. The minimum Gasteiger partial charge on any atom is -0.310 e. The van der Waals surface area contributed by atoms with E-state index < -0.39 is 11.7 Å². The molecule has 0 spiro atoms. The SMILES string of the molecule is [C-]#[N+]c1ccc2c3ccc(C#N)cc3n(-c3cc([N+]#[C-])c(-c4ccccc4C(F)(F)F)cc3-n3c4cc([N+]#[C-])ccc4c4ccc([N+]#[C-])cc43)c2c1. The second-order valence-electron chi connectivity index (χ2n) is 12.0. The van der Waals surface area contributed by atoms with E-state index in [0.717, 1.165) is 27.6 Å². The summed E-state index contributed by atoms with van der Waals surface area (Å²) in [6, 6.07) is 31.0. The summed E-state index contributed by atoms with van der Waals surface area (Å²) in [6.07, 6.45) is -4.73. The Morgan fingerprint density at radius 3 is 1.44 bits per heavy atom. The Morgan fingerprint density at radius 1 is 0.519 bits per heavy atom. The fraction of sp³-hybridized carbons (Fsp3) is 0.0238. The van der Waals surface area contributed by atoms with Crippen LogP contribution in [0, 0.1) is 37.6 Å². The van der Waals surface area contributed by atoms with E-state index in [-0.39, 0.29) is 16.8 Å². The van der Waals surface area contributed by atoms with Crippen molar-refractivity contribution in [3.05, 3.63) is 166 Å². The van der Waals surface area contributed by atoms with Crippen molar-refractivity contribution in [2.75, 3.05) is 0 Å². The van der Waals surface area contributed by atoms with Crippen molar-refractivity contribution in [2.24, 2.45) is 0 Å². The molecule has 0 amide bonds. The number of nitrogens with zero attached hydrogens (tertiary/aromatic N) is 7. The molecule has 0 fully saturated rings. The maximum absolute atomic E-state index is 14.5. The molecule has 0 saturated heterocycles. The second kappa shape index (κ2) is 11.6. The lowest BCUT2D eigenvalue weighted by Crippen LogP contribution is -2.08. The molecule has 10 heteroatoms. The molecule has 2 aromatic heterocycles. The summed E-state index contributed by atoms with van der Waals surface area (Å²) in [5, 5.41) is 12.9. The maximum Gasteiger partial charge on any atom is 0.416 e. The summed E-state index contributed by atoms with van der Waals surface area (Å²) < 4.78 is 47.2. The number of fused-ring (bicyclic) bond motifs is 6. The molecule has 0 aliphatic rings. The molecule has 0 radical (unpaired) electrons. The van der Waals surface area contributed by atoms with Crippen molar-refractivity contribution in [2.45, 2.75) is 6.18 Å². The van der Waals surface area contributed by atoms with Crippen LogP contribution < -0.4 is 0 Å². The Labute approximate surface area is 294 Å². The number of nitriles is 1. The standard InChI is InChI=1S/C42H18F3N7/c1-47-25-10-14-30-29-13-9-24(23-46)17-36(29)51(37(30)18-25)41-22-35(50-4)33(28-7-5-6-8-34(28)42(43,44)45)21-40(41)52-38-19-26(48-2)11-15-31(38)32-16-12-27(49-3)20-39(32)52/h5-22H. The second-order valence-corrected chi connectivity index (χ2v) is 12.0. The van der Waals surface area contributed by atoms with Gasteiger partial charge < -0.3 is 9.13 Å². The van der Waals surface area contributed by atoms with Gasteiger partial charge in [-0.3, -0.25) is 0 Å². The summed E-state index contributed by atoms with van der Waals surface area (Å²) in [5.74, 6) is 0. The molecule has 6 aromatic carbocycles. The van der Waals surface area contributed by atoms with Crippen LogP contribution in [0.2, 0.25) is 0 Å². The number of alkyl halides is 3. The molecule has 242 valence electrons. The van der Waals surface area contributed by atoms with E-state index in [9.17, 15) is 18.4 Å². The van der Waals surface area contributed by atoms with Crippen LogP contribution in [-0.4, -0.2) is 9.13 Å². The first-order valence-electron chi connectivity index (χ1n) is 15.6. The normalized spacial score (nSPS) is 11.3. The third-order valence-electron chi connectivity index (χ3n) is 9.22. The molecule has 0 bridgehead atoms. The predicted octanol–water partition coefficient (Wildman–Crippen LogP) is 12.6. The Hall–Kier alpha value is -7.84. The Balaban J connectivity index is 1.64. The summed E-state index contributed by atoms with van der Waals surface area (Å²) in [5.41, 5.74) is 3.15. The summed E-state index contributed by atoms with van der Waals surface area (Å²) in [7, 11) is 0. The maximum atomic E-state index is 14.5. The highest BCUT2D eigenvalue weighted by molar-refractivity contribution is 6.13. The molecule has 8 rings (SSSR count). The molecule has 52 heavy (non-hydrogen) atoms. The topological polar surface area (TPSA) is 51.1 Å². The zero-order chi connectivity index (χ0) is 36.3. The minimum absolute atomic E-state index is 0.0275. The van der Waals surface area contributed by atoms with Gasteiger partial charge in [0.25, 0.3) is 0 Å². The van der Waals surface area contributed by atoms with Crippen molar-refractivity contribution in [1.82, 2.24) is 9.13 Å². The minimum atomic E-state index is -4.73. The average molecular weight is 678 g/mol. The van der Waals surface area contributed by atoms with Crippen LogP contribution in [0.25, 0.3) is 85.5 Å². The van der Waals surface area contributed by atoms with Crippen molar-refractivity contribution in [3.8, 4) is 28.6 Å². The van der Waals surface area contributed by atoms with Crippen molar-refractivity contribution >= 4 is 66.4 Å². The first-order valence-corrected chi connectivity index (χ1v) is 15.6. The highest BCUT2D eigenvalue weighted by Crippen LogP contribution is 2.47. The third-order valence-corrected chi connectivity index (χ3v) is 9.22. The predicted molar refractivity (Wildman–Crippen MR) is 195 cm³/mol. The molecule has 7 nitrogen and oxygen atoms in total. The van der Waals surface area contributed by atoms with Gasteiger partial charge in [-0.15, -0.1) is 0 Å². The van der Waals surface area contributed by atoms with Gasteiger partial charge in [-0.2, -0.15) is 18.4 Å². The Bertz CT molecular complexity index is 2930. The molecular formula is C42H18F3N7. The van der Waals surface area contributed by atoms with Crippen LogP contribution in [0.1, 0.15) is 11.1 Å². The van der Waals surface area contributed by atoms with E-state index in [1.807, 2.05) is 10.6 Å². The number of benzene rings is 6. The summed E-state index contributed by atoms with van der Waals surface area (Å²) in [4.78, 5) is 14.7. The van der Waals surface area contributed by atoms with E-state index >= 15 is 0 Å². The van der Waals surface area contributed by atoms with Crippen LogP contribution in [0.4, 0.5) is 35.9 Å². The van der Waals surface area contributed by atoms with E-state index in [2.05, 4.69) is 25.4 Å². The molecule has 8 aromatic rings. The number of rotatable bonds is 3. The van der Waals surface area contributed by atoms with Gasteiger partial charge in [0.15, 0.2) is 22.7 Å². The van der Waals surface area contributed by atoms with Crippen LogP contribution in [0.5, 0.6) is 0 Å². The van der Waals surface area contributed by atoms with Crippen molar-refractivity contribution < 1.29 is 13.2 Å². The highest BCUT2D eigenvalue weighted by Gasteiger charge is 2.34. The molecule has 0 saturated carbocycles. The molecule has 0 unspecified atom stereocenters. The van der Waals surface area contributed by atoms with E-state index in [0.29, 0.717) is 56.1 Å². The summed E-state index contributed by atoms with van der Waals surface area (Å²) in [6.45, 7) is 31.5. The summed E-state index contributed by atoms with van der Waals surface area (Å²) >= 11 is 0. The van der Waals surface area contributed by atoms with Gasteiger partial charge in [0, 0.05) is 38.1 Å². The van der Waals surface area contributed by atoms with E-state index in [4.69, 9.17) is 26.3 Å². The van der Waals surface area contributed by atoms with Crippen LogP contribution in [0.15, 0.2) is 109 Å². The zero-order valence-electron chi connectivity index (χ0n) is 26.7. The first-order chi connectivity index (χ1) is 25.2. The number of halogens is 3. The van der Waals surface area contributed by atoms with Gasteiger partial charge in [0.1, 0.15) is 0 Å². The van der Waals surface area contributed by atoms with Gasteiger partial charge >= 0.3 is 6.18 Å². The molecule has 0 N–H and O–H groups in total. The quantitative estimate of drug-likeness (QED) is 0.172. The average Bonchev–Trinajstić information content (AvgIpc) is 3.67. The van der Waals surface area contributed by atoms with Crippen LogP contribution >= 0.6 is 0 Å². The zero-order valence-corrected chi connectivity index (χ0v) is 26.7. The van der Waals surface area contributed by atoms with Crippen LogP contribution in [-0.2, 0) is 6.18 Å². The lowest BCUT2D eigenvalue weighted by Gasteiger charge is -2.21. The largest absolute Gasteiger partial charge is 0.416 e. The highest BCUT2D eigenvalue weighted by atomic mass is 19.4. The fourth-order valence-corrected chi connectivity index (χ4v) is 7.00. The molecular weight excluding hydrogens is 660 g/mol. The van der Waals surface area contributed by atoms with Crippen molar-refractivity contribution in [1.29, 1.82) is 5.26 Å². The van der Waals surface area contributed by atoms with Gasteiger partial charge in [-0.25, -0.2) is 19.4 Å². The van der Waals surface area contributed by atoms with E-state index in [1.54, 1.807) is 77.4 Å². The lowest BCUT2D eigenvalue weighted by molar-refractivity contribution is -0.137. The fourth-order valence-electron chi connectivity index (χ4n) is 7.00. The van der Waals surface area contributed by atoms with Crippen LogP contribution in [0.3, 0.4) is 0 Å². The monoisotopic (exact) mass is 677 g/mol. The van der Waals surface area contributed by atoms with E-state index in [1.165, 1.54) is 24.3 Å². The Morgan fingerprint density at radius 2 is 0.981 bits per heavy atom. The first kappa shape index (κ1) is 31.4. The number of hydrogen-bond acceptors (Lipinski definition) is 1. The van der Waals surface area contributed by atoms with Crippen molar-refractivity contribution in [3.63, 3.8) is 0 Å². The molecule has 0 aliphatic heterocycles. The smallest absolute Gasteiger partial charge is 0.310 e. The number of hydrogen-bond donors (Lipinski definition) is 0. The number of aromatic nitrogens is 2. The molecule has 0 aliphatic carbocycles. The molecule has 2 heterocycles. The lowest BCUT2D eigenvalue weighted by atomic mass is 9.96. The van der Waals surface area contributed by atoms with Gasteiger partial charge in [-0.05, 0) is 59.7 Å². The van der Waals surface area contributed by atoms with Gasteiger partial charge in [0.05, 0.1) is 60.4 Å². The Kier molecular flexibility index (Phi) is 7.04.